The van der Waals surface area contributed by atoms with E-state index in [4.69, 9.17) is 14.2 Å². The number of carbonyl (C=O) groups excluding carboxylic acids is 4. The van der Waals surface area contributed by atoms with Gasteiger partial charge in [0.2, 0.25) is 11.8 Å². The molecule has 3 aromatic rings. The van der Waals surface area contributed by atoms with Gasteiger partial charge in [0.25, 0.3) is 0 Å². The smallest absolute Gasteiger partial charge is 0.408 e. The molecular formula is C32H42N4O7. The van der Waals surface area contributed by atoms with Crippen LogP contribution in [0, 0.1) is 0 Å². The lowest BCUT2D eigenvalue weighted by atomic mass is 10.1. The van der Waals surface area contributed by atoms with Crippen LogP contribution in [0.4, 0.5) is 4.79 Å². The molecule has 0 radical (unpaired) electrons. The molecule has 0 aliphatic carbocycles. The number of aromatic nitrogens is 1. The first-order valence-corrected chi connectivity index (χ1v) is 14.4. The zero-order valence-corrected chi connectivity index (χ0v) is 25.3. The molecular weight excluding hydrogens is 552 g/mol. The van der Waals surface area contributed by atoms with Gasteiger partial charge in [-0.3, -0.25) is 14.4 Å². The van der Waals surface area contributed by atoms with Crippen LogP contribution < -0.4 is 16.0 Å². The van der Waals surface area contributed by atoms with Crippen LogP contribution >= 0.6 is 0 Å². The number of carbonyl (C=O) groups is 4. The number of para-hydroxylation sites is 1. The highest BCUT2D eigenvalue weighted by molar-refractivity contribution is 5.92. The van der Waals surface area contributed by atoms with Gasteiger partial charge in [-0.2, -0.15) is 0 Å². The highest BCUT2D eigenvalue weighted by atomic mass is 16.6. The number of hydrogen-bond acceptors (Lipinski definition) is 7. The second-order valence-electron chi connectivity index (χ2n) is 10.9. The SMILES string of the molecule is CCc1cn(CCOCCNC(=O)CNC(=O)[C@@H](CC(=O)OCc2ccccc2)NC(=O)OC(C)(C)C)c2ccccc12. The Morgan fingerprint density at radius 3 is 2.37 bits per heavy atom. The maximum atomic E-state index is 12.8. The summed E-state index contributed by atoms with van der Waals surface area (Å²) in [6.45, 7) is 8.55. The van der Waals surface area contributed by atoms with E-state index in [2.05, 4.69) is 45.8 Å². The first-order valence-electron chi connectivity index (χ1n) is 14.4. The quantitative estimate of drug-likeness (QED) is 0.181. The van der Waals surface area contributed by atoms with Crippen LogP contribution in [0.2, 0.25) is 0 Å². The van der Waals surface area contributed by atoms with E-state index < -0.39 is 41.9 Å². The maximum Gasteiger partial charge on any atom is 0.408 e. The number of esters is 1. The van der Waals surface area contributed by atoms with Crippen LogP contribution in [-0.2, 0) is 48.2 Å². The second kappa shape index (κ2) is 16.3. The number of hydrogen-bond donors (Lipinski definition) is 3. The number of alkyl carbamates (subject to hydrolysis) is 1. The van der Waals surface area contributed by atoms with Crippen LogP contribution in [0.1, 0.15) is 45.2 Å². The molecule has 0 spiro atoms. The van der Waals surface area contributed by atoms with E-state index >= 15 is 0 Å². The van der Waals surface area contributed by atoms with Gasteiger partial charge < -0.3 is 34.7 Å². The van der Waals surface area contributed by atoms with Crippen molar-refractivity contribution in [1.82, 2.24) is 20.5 Å². The highest BCUT2D eigenvalue weighted by Crippen LogP contribution is 2.21. The van der Waals surface area contributed by atoms with Crippen molar-refractivity contribution in [3.05, 3.63) is 71.9 Å². The van der Waals surface area contributed by atoms with Gasteiger partial charge in [0.1, 0.15) is 18.2 Å². The number of nitrogens with one attached hydrogen (secondary N) is 3. The molecule has 43 heavy (non-hydrogen) atoms. The molecule has 3 N–H and O–H groups in total. The molecule has 11 heteroatoms. The summed E-state index contributed by atoms with van der Waals surface area (Å²) < 4.78 is 18.3. The Bertz CT molecular complexity index is 1370. The Morgan fingerprint density at radius 2 is 1.65 bits per heavy atom. The van der Waals surface area contributed by atoms with E-state index in [1.807, 2.05) is 30.3 Å². The topological polar surface area (TPSA) is 137 Å². The summed E-state index contributed by atoms with van der Waals surface area (Å²) in [4.78, 5) is 49.9. The molecule has 3 rings (SSSR count). The first-order chi connectivity index (χ1) is 20.6. The molecule has 0 aliphatic heterocycles. The maximum absolute atomic E-state index is 12.8. The third-order valence-electron chi connectivity index (χ3n) is 6.34. The summed E-state index contributed by atoms with van der Waals surface area (Å²) in [5.74, 6) is -1.86. The van der Waals surface area contributed by atoms with Crippen molar-refractivity contribution in [2.24, 2.45) is 0 Å². The average Bonchev–Trinajstić information content (AvgIpc) is 3.33. The average molecular weight is 595 g/mol. The fraction of sp³-hybridized carbons (Fsp3) is 0.438. The summed E-state index contributed by atoms with van der Waals surface area (Å²) in [6, 6.07) is 16.0. The first kappa shape index (κ1) is 33.1. The molecule has 2 aromatic carbocycles. The zero-order chi connectivity index (χ0) is 31.2. The van der Waals surface area contributed by atoms with Gasteiger partial charge >= 0.3 is 12.1 Å². The van der Waals surface area contributed by atoms with Crippen molar-refractivity contribution >= 4 is 34.8 Å². The molecule has 11 nitrogen and oxygen atoms in total. The molecule has 0 bridgehead atoms. The molecule has 0 aliphatic rings. The van der Waals surface area contributed by atoms with Gasteiger partial charge in [-0.05, 0) is 44.4 Å². The van der Waals surface area contributed by atoms with Gasteiger partial charge in [-0.25, -0.2) is 4.79 Å². The molecule has 3 amide bonds. The van der Waals surface area contributed by atoms with Gasteiger partial charge in [0, 0.05) is 30.2 Å². The molecule has 0 saturated carbocycles. The Labute approximate surface area is 252 Å². The van der Waals surface area contributed by atoms with Crippen LogP contribution in [0.15, 0.2) is 60.8 Å². The molecule has 1 aromatic heterocycles. The number of rotatable bonds is 15. The predicted octanol–water partition coefficient (Wildman–Crippen LogP) is 3.48. The summed E-state index contributed by atoms with van der Waals surface area (Å²) in [5.41, 5.74) is 2.42. The molecule has 232 valence electrons. The van der Waals surface area contributed by atoms with Crippen LogP contribution in [0.3, 0.4) is 0 Å². The van der Waals surface area contributed by atoms with Crippen molar-refractivity contribution in [2.75, 3.05) is 26.3 Å². The van der Waals surface area contributed by atoms with Crippen molar-refractivity contribution < 1.29 is 33.4 Å². The lowest BCUT2D eigenvalue weighted by Gasteiger charge is -2.23. The molecule has 0 saturated heterocycles. The Balaban J connectivity index is 1.40. The van der Waals surface area contributed by atoms with Crippen molar-refractivity contribution in [3.63, 3.8) is 0 Å². The van der Waals surface area contributed by atoms with Crippen molar-refractivity contribution in [3.8, 4) is 0 Å². The van der Waals surface area contributed by atoms with Gasteiger partial charge in [-0.15, -0.1) is 0 Å². The highest BCUT2D eigenvalue weighted by Gasteiger charge is 2.27. The van der Waals surface area contributed by atoms with Crippen LogP contribution in [0.25, 0.3) is 10.9 Å². The van der Waals surface area contributed by atoms with E-state index in [-0.39, 0.29) is 19.7 Å². The molecule has 1 atom stereocenters. The lowest BCUT2D eigenvalue weighted by Crippen LogP contribution is -2.51. The van der Waals surface area contributed by atoms with Gasteiger partial charge in [0.15, 0.2) is 0 Å². The fourth-order valence-corrected chi connectivity index (χ4v) is 4.29. The molecule has 0 fully saturated rings. The summed E-state index contributed by atoms with van der Waals surface area (Å²) >= 11 is 0. The van der Waals surface area contributed by atoms with Crippen LogP contribution in [0.5, 0.6) is 0 Å². The minimum atomic E-state index is -1.30. The van der Waals surface area contributed by atoms with Crippen LogP contribution in [-0.4, -0.2) is 66.4 Å². The minimum Gasteiger partial charge on any atom is -0.461 e. The Morgan fingerprint density at radius 1 is 0.930 bits per heavy atom. The second-order valence-corrected chi connectivity index (χ2v) is 10.9. The van der Waals surface area contributed by atoms with Crippen molar-refractivity contribution in [2.45, 2.75) is 65.3 Å². The summed E-state index contributed by atoms with van der Waals surface area (Å²) in [5, 5.41) is 8.77. The Hall–Kier alpha value is -4.38. The molecule has 0 unspecified atom stereocenters. The number of aryl methyl sites for hydroxylation is 1. The van der Waals surface area contributed by atoms with E-state index in [0.29, 0.717) is 19.8 Å². The normalized spacial score (nSPS) is 11.9. The Kier molecular flexibility index (Phi) is 12.6. The largest absolute Gasteiger partial charge is 0.461 e. The summed E-state index contributed by atoms with van der Waals surface area (Å²) in [7, 11) is 0. The minimum absolute atomic E-state index is 0.0206. The van der Waals surface area contributed by atoms with E-state index in [0.717, 1.165) is 17.5 Å². The number of ether oxygens (including phenoxy) is 3. The lowest BCUT2D eigenvalue weighted by molar-refractivity contribution is -0.147. The number of fused-ring (bicyclic) bond motifs is 1. The van der Waals surface area contributed by atoms with Crippen molar-refractivity contribution in [1.29, 1.82) is 0 Å². The predicted molar refractivity (Wildman–Crippen MR) is 162 cm³/mol. The monoisotopic (exact) mass is 594 g/mol. The standard InChI is InChI=1S/C32H42N4O7/c1-5-24-21-36(27-14-10-9-13-25(24)27)16-18-41-17-15-33-28(37)20-34-30(39)26(35-31(40)43-32(2,3)4)19-29(38)42-22-23-11-7-6-8-12-23/h6-14,21,26H,5,15-20,22H2,1-4H3,(H,33,37)(H,34,39)(H,35,40)/t26-/m1/s1. The number of nitrogens with zero attached hydrogens (tertiary/aromatic N) is 1. The zero-order valence-electron chi connectivity index (χ0n) is 25.3. The van der Waals surface area contributed by atoms with E-state index in [9.17, 15) is 19.2 Å². The third kappa shape index (κ3) is 11.4. The number of benzene rings is 2. The summed E-state index contributed by atoms with van der Waals surface area (Å²) in [6.07, 6.45) is 1.78. The fourth-order valence-electron chi connectivity index (χ4n) is 4.29. The number of amides is 3. The molecule has 1 heterocycles. The van der Waals surface area contributed by atoms with Gasteiger partial charge in [-0.1, -0.05) is 55.5 Å². The van der Waals surface area contributed by atoms with E-state index in [1.54, 1.807) is 32.9 Å². The van der Waals surface area contributed by atoms with Gasteiger partial charge in [0.05, 0.1) is 26.2 Å². The van der Waals surface area contributed by atoms with E-state index in [1.165, 1.54) is 10.9 Å². The third-order valence-corrected chi connectivity index (χ3v) is 6.34.